The third-order valence-corrected chi connectivity index (χ3v) is 3.37. The number of rotatable bonds is 5. The molecule has 2 atom stereocenters. The fourth-order valence-electron chi connectivity index (χ4n) is 2.42. The summed E-state index contributed by atoms with van der Waals surface area (Å²) in [6, 6.07) is -0.0926. The van der Waals surface area contributed by atoms with Crippen molar-refractivity contribution in [2.24, 2.45) is 11.7 Å². The van der Waals surface area contributed by atoms with Gasteiger partial charge in [-0.3, -0.25) is 0 Å². The molecule has 0 radical (unpaired) electrons. The van der Waals surface area contributed by atoms with Crippen LogP contribution in [0, 0.1) is 5.92 Å². The largest absolute Gasteiger partial charge is 0.461 e. The highest BCUT2D eigenvalue weighted by Gasteiger charge is 2.26. The Kier molecular flexibility index (Phi) is 5.92. The fourth-order valence-corrected chi connectivity index (χ4v) is 2.42. The number of esters is 1. The summed E-state index contributed by atoms with van der Waals surface area (Å²) < 4.78 is 4.96. The predicted molar refractivity (Wildman–Crippen MR) is 66.4 cm³/mol. The van der Waals surface area contributed by atoms with Crippen molar-refractivity contribution >= 4 is 5.97 Å². The first kappa shape index (κ1) is 14.5. The molecule has 2 unspecified atom stereocenters. The Hall–Kier alpha value is -0.610. The normalized spacial score (nSPS) is 21.2. The van der Waals surface area contributed by atoms with E-state index in [2.05, 4.69) is 0 Å². The lowest BCUT2D eigenvalue weighted by Crippen LogP contribution is -2.38. The molecule has 0 aromatic carbocycles. The molecule has 17 heavy (non-hydrogen) atoms. The van der Waals surface area contributed by atoms with Gasteiger partial charge in [0, 0.05) is 6.04 Å². The number of hydrogen-bond donors (Lipinski definition) is 2. The number of carbonyl (C=O) groups excluding carboxylic acids is 1. The van der Waals surface area contributed by atoms with Gasteiger partial charge in [0.2, 0.25) is 0 Å². The molecule has 1 aliphatic rings. The van der Waals surface area contributed by atoms with E-state index in [9.17, 15) is 9.90 Å². The van der Waals surface area contributed by atoms with Crippen LogP contribution in [-0.2, 0) is 9.53 Å². The van der Waals surface area contributed by atoms with Crippen molar-refractivity contribution in [3.63, 3.8) is 0 Å². The minimum Gasteiger partial charge on any atom is -0.461 e. The van der Waals surface area contributed by atoms with Gasteiger partial charge in [-0.05, 0) is 39.0 Å². The van der Waals surface area contributed by atoms with E-state index in [-0.39, 0.29) is 12.1 Å². The second-order valence-electron chi connectivity index (χ2n) is 5.30. The Morgan fingerprint density at radius 1 is 1.35 bits per heavy atom. The number of aliphatic hydroxyl groups is 1. The van der Waals surface area contributed by atoms with Crippen molar-refractivity contribution in [1.82, 2.24) is 0 Å². The number of carbonyl (C=O) groups is 1. The van der Waals surface area contributed by atoms with Gasteiger partial charge in [0.15, 0.2) is 6.10 Å². The van der Waals surface area contributed by atoms with Crippen LogP contribution in [-0.4, -0.2) is 29.3 Å². The second kappa shape index (κ2) is 6.97. The molecule has 1 aliphatic carbocycles. The molecular formula is C13H25NO3. The Morgan fingerprint density at radius 2 is 1.94 bits per heavy atom. The summed E-state index contributed by atoms with van der Waals surface area (Å²) in [4.78, 5) is 11.4. The second-order valence-corrected chi connectivity index (χ2v) is 5.30. The van der Waals surface area contributed by atoms with Crippen LogP contribution in [0.15, 0.2) is 0 Å². The lowest BCUT2D eigenvalue weighted by molar-refractivity contribution is -0.158. The van der Waals surface area contributed by atoms with Crippen molar-refractivity contribution < 1.29 is 14.6 Å². The van der Waals surface area contributed by atoms with E-state index in [1.54, 1.807) is 13.8 Å². The minimum absolute atomic E-state index is 0.0926. The maximum Gasteiger partial charge on any atom is 0.335 e. The quantitative estimate of drug-likeness (QED) is 0.719. The molecule has 1 saturated carbocycles. The molecule has 0 bridgehead atoms. The number of hydrogen-bond acceptors (Lipinski definition) is 4. The molecule has 4 nitrogen and oxygen atoms in total. The van der Waals surface area contributed by atoms with Crippen LogP contribution in [0.2, 0.25) is 0 Å². The SMILES string of the molecule is CC(C)OC(=O)C(O)CC(N)C1CCCCC1. The standard InChI is InChI=1S/C13H25NO3/c1-9(2)17-13(16)12(15)8-11(14)10-6-4-3-5-7-10/h9-12,15H,3-8,14H2,1-2H3. The van der Waals surface area contributed by atoms with Crippen molar-refractivity contribution in [3.05, 3.63) is 0 Å². The van der Waals surface area contributed by atoms with Crippen molar-refractivity contribution in [2.75, 3.05) is 0 Å². The van der Waals surface area contributed by atoms with E-state index in [0.29, 0.717) is 12.3 Å². The summed E-state index contributed by atoms with van der Waals surface area (Å²) in [5, 5.41) is 9.71. The molecule has 0 heterocycles. The molecule has 100 valence electrons. The van der Waals surface area contributed by atoms with Gasteiger partial charge in [0.25, 0.3) is 0 Å². The van der Waals surface area contributed by atoms with Crippen LogP contribution in [0.3, 0.4) is 0 Å². The summed E-state index contributed by atoms with van der Waals surface area (Å²) >= 11 is 0. The molecule has 0 aliphatic heterocycles. The summed E-state index contributed by atoms with van der Waals surface area (Å²) in [6.45, 7) is 3.54. The van der Waals surface area contributed by atoms with Gasteiger partial charge in [-0.1, -0.05) is 19.3 Å². The van der Waals surface area contributed by atoms with Crippen molar-refractivity contribution in [2.45, 2.75) is 70.6 Å². The molecule has 0 aromatic heterocycles. The highest BCUT2D eigenvalue weighted by Crippen LogP contribution is 2.27. The zero-order valence-electron chi connectivity index (χ0n) is 10.9. The van der Waals surface area contributed by atoms with Crippen molar-refractivity contribution in [1.29, 1.82) is 0 Å². The maximum absolute atomic E-state index is 11.4. The fraction of sp³-hybridized carbons (Fsp3) is 0.923. The first-order valence-electron chi connectivity index (χ1n) is 6.65. The Balaban J connectivity index is 2.33. The smallest absolute Gasteiger partial charge is 0.335 e. The highest BCUT2D eigenvalue weighted by atomic mass is 16.6. The molecule has 4 heteroatoms. The number of aliphatic hydroxyl groups excluding tert-OH is 1. The Labute approximate surface area is 104 Å². The molecule has 1 rings (SSSR count). The van der Waals surface area contributed by atoms with Gasteiger partial charge < -0.3 is 15.6 Å². The molecule has 0 saturated heterocycles. The molecule has 1 fully saturated rings. The lowest BCUT2D eigenvalue weighted by Gasteiger charge is -2.28. The van der Waals surface area contributed by atoms with Crippen LogP contribution < -0.4 is 5.73 Å². The third-order valence-electron chi connectivity index (χ3n) is 3.37. The van der Waals surface area contributed by atoms with Crippen LogP contribution in [0.25, 0.3) is 0 Å². The van der Waals surface area contributed by atoms with E-state index in [1.807, 2.05) is 0 Å². The Bertz CT molecular complexity index is 237. The van der Waals surface area contributed by atoms with E-state index < -0.39 is 12.1 Å². The zero-order chi connectivity index (χ0) is 12.8. The molecule has 0 amide bonds. The average Bonchev–Trinajstić information content (AvgIpc) is 2.29. The van der Waals surface area contributed by atoms with E-state index in [1.165, 1.54) is 19.3 Å². The van der Waals surface area contributed by atoms with Crippen LogP contribution in [0.1, 0.15) is 52.4 Å². The van der Waals surface area contributed by atoms with Gasteiger partial charge in [-0.15, -0.1) is 0 Å². The lowest BCUT2D eigenvalue weighted by atomic mass is 9.82. The predicted octanol–water partition coefficient (Wildman–Crippen LogP) is 1.60. The molecular weight excluding hydrogens is 218 g/mol. The number of nitrogens with two attached hydrogens (primary N) is 1. The van der Waals surface area contributed by atoms with Gasteiger partial charge in [0.05, 0.1) is 6.10 Å². The number of ether oxygens (including phenoxy) is 1. The average molecular weight is 243 g/mol. The third kappa shape index (κ3) is 5.04. The molecule has 3 N–H and O–H groups in total. The van der Waals surface area contributed by atoms with Crippen LogP contribution in [0.4, 0.5) is 0 Å². The van der Waals surface area contributed by atoms with E-state index >= 15 is 0 Å². The van der Waals surface area contributed by atoms with E-state index in [4.69, 9.17) is 10.5 Å². The topological polar surface area (TPSA) is 72.5 Å². The highest BCUT2D eigenvalue weighted by molar-refractivity contribution is 5.74. The minimum atomic E-state index is -1.07. The summed E-state index contributed by atoms with van der Waals surface area (Å²) in [7, 11) is 0. The summed E-state index contributed by atoms with van der Waals surface area (Å²) in [6.07, 6.45) is 4.99. The van der Waals surface area contributed by atoms with Crippen LogP contribution in [0.5, 0.6) is 0 Å². The summed E-state index contributed by atoms with van der Waals surface area (Å²) in [5.41, 5.74) is 6.05. The Morgan fingerprint density at radius 3 is 2.47 bits per heavy atom. The van der Waals surface area contributed by atoms with Gasteiger partial charge >= 0.3 is 5.97 Å². The molecule has 0 spiro atoms. The first-order valence-corrected chi connectivity index (χ1v) is 6.65. The van der Waals surface area contributed by atoms with Gasteiger partial charge in [0.1, 0.15) is 0 Å². The first-order chi connectivity index (χ1) is 8.00. The van der Waals surface area contributed by atoms with Crippen molar-refractivity contribution in [3.8, 4) is 0 Å². The van der Waals surface area contributed by atoms with E-state index in [0.717, 1.165) is 12.8 Å². The van der Waals surface area contributed by atoms with Crippen LogP contribution >= 0.6 is 0 Å². The molecule has 0 aromatic rings. The maximum atomic E-state index is 11.4. The monoisotopic (exact) mass is 243 g/mol. The zero-order valence-corrected chi connectivity index (χ0v) is 10.9. The van der Waals surface area contributed by atoms with Gasteiger partial charge in [-0.25, -0.2) is 4.79 Å². The van der Waals surface area contributed by atoms with Gasteiger partial charge in [-0.2, -0.15) is 0 Å². The summed E-state index contributed by atoms with van der Waals surface area (Å²) in [5.74, 6) is -0.100.